The normalized spacial score (nSPS) is 15.8. The molecular formula is C13H20O5S2. The summed E-state index contributed by atoms with van der Waals surface area (Å²) >= 11 is 0. The van der Waals surface area contributed by atoms with E-state index >= 15 is 0 Å². The van der Waals surface area contributed by atoms with E-state index in [2.05, 4.69) is 0 Å². The van der Waals surface area contributed by atoms with Crippen LogP contribution in [0.3, 0.4) is 0 Å². The molecule has 1 rings (SSSR count). The fourth-order valence-electron chi connectivity index (χ4n) is 2.19. The number of benzene rings is 1. The third kappa shape index (κ3) is 3.80. The zero-order valence-corrected chi connectivity index (χ0v) is 13.6. The van der Waals surface area contributed by atoms with Crippen LogP contribution in [0.15, 0.2) is 28.0 Å². The minimum atomic E-state index is -3.58. The molecule has 0 saturated carbocycles. The van der Waals surface area contributed by atoms with Crippen molar-refractivity contribution in [1.29, 1.82) is 0 Å². The maximum atomic E-state index is 11.9. The predicted molar refractivity (Wildman–Crippen MR) is 77.4 cm³/mol. The van der Waals surface area contributed by atoms with Gasteiger partial charge in [0.05, 0.1) is 15.9 Å². The Balaban J connectivity index is 3.63. The maximum absolute atomic E-state index is 11.9. The van der Waals surface area contributed by atoms with E-state index in [-0.39, 0.29) is 15.7 Å². The zero-order chi connectivity index (χ0) is 15.7. The molecular weight excluding hydrogens is 300 g/mol. The summed E-state index contributed by atoms with van der Waals surface area (Å²) in [6, 6.07) is 4.03. The Labute approximate surface area is 120 Å². The van der Waals surface area contributed by atoms with Crippen LogP contribution >= 0.6 is 0 Å². The van der Waals surface area contributed by atoms with Gasteiger partial charge in [0, 0.05) is 18.4 Å². The van der Waals surface area contributed by atoms with Crippen molar-refractivity contribution in [3.63, 3.8) is 0 Å². The van der Waals surface area contributed by atoms with Crippen LogP contribution in [-0.4, -0.2) is 40.6 Å². The molecule has 20 heavy (non-hydrogen) atoms. The van der Waals surface area contributed by atoms with Crippen molar-refractivity contribution < 1.29 is 21.9 Å². The van der Waals surface area contributed by atoms with Gasteiger partial charge in [-0.25, -0.2) is 16.8 Å². The van der Waals surface area contributed by atoms with E-state index in [0.717, 1.165) is 12.5 Å². The fraction of sp³-hybridized carbons (Fsp3) is 0.538. The standard InChI is InChI=1S/C13H20O5S2/c1-5-11(9(2)14)12-7-6-10(19(3,15)16)8-13(12)20(4,17)18/h6-9,11,14H,5H2,1-4H3. The van der Waals surface area contributed by atoms with E-state index in [1.54, 1.807) is 6.92 Å². The van der Waals surface area contributed by atoms with Crippen LogP contribution in [0.1, 0.15) is 31.7 Å². The first-order valence-corrected chi connectivity index (χ1v) is 9.99. The van der Waals surface area contributed by atoms with E-state index < -0.39 is 25.8 Å². The first-order chi connectivity index (χ1) is 8.98. The van der Waals surface area contributed by atoms with Gasteiger partial charge in [-0.15, -0.1) is 0 Å². The number of aliphatic hydroxyl groups is 1. The van der Waals surface area contributed by atoms with Crippen molar-refractivity contribution in [3.8, 4) is 0 Å². The largest absolute Gasteiger partial charge is 0.393 e. The first kappa shape index (κ1) is 17.1. The average Bonchev–Trinajstić information content (AvgIpc) is 2.26. The van der Waals surface area contributed by atoms with Gasteiger partial charge in [0.2, 0.25) is 0 Å². The maximum Gasteiger partial charge on any atom is 0.175 e. The molecule has 0 spiro atoms. The molecule has 1 aromatic rings. The number of hydrogen-bond donors (Lipinski definition) is 1. The van der Waals surface area contributed by atoms with Crippen molar-refractivity contribution in [1.82, 2.24) is 0 Å². The number of sulfone groups is 2. The van der Waals surface area contributed by atoms with Crippen LogP contribution in [0.25, 0.3) is 0 Å². The summed E-state index contributed by atoms with van der Waals surface area (Å²) < 4.78 is 46.9. The van der Waals surface area contributed by atoms with E-state index in [1.807, 2.05) is 6.92 Å². The lowest BCUT2D eigenvalue weighted by atomic mass is 9.92. The molecule has 1 N–H and O–H groups in total. The van der Waals surface area contributed by atoms with Crippen LogP contribution < -0.4 is 0 Å². The van der Waals surface area contributed by atoms with Gasteiger partial charge < -0.3 is 5.11 Å². The van der Waals surface area contributed by atoms with Crippen LogP contribution in [0.2, 0.25) is 0 Å². The monoisotopic (exact) mass is 320 g/mol. The van der Waals surface area contributed by atoms with Gasteiger partial charge in [-0.2, -0.15) is 0 Å². The molecule has 5 nitrogen and oxygen atoms in total. The summed E-state index contributed by atoms with van der Waals surface area (Å²) in [5.74, 6) is -0.353. The molecule has 0 aliphatic heterocycles. The Kier molecular flexibility index (Phi) is 4.99. The van der Waals surface area contributed by atoms with Crippen molar-refractivity contribution in [2.45, 2.75) is 42.1 Å². The second-order valence-corrected chi connectivity index (χ2v) is 9.00. The second-order valence-electron chi connectivity index (χ2n) is 5.00. The molecule has 2 atom stereocenters. The van der Waals surface area contributed by atoms with Crippen molar-refractivity contribution >= 4 is 19.7 Å². The fourth-order valence-corrected chi connectivity index (χ4v) is 3.90. The quantitative estimate of drug-likeness (QED) is 0.885. The van der Waals surface area contributed by atoms with Crippen LogP contribution in [0, 0.1) is 0 Å². The van der Waals surface area contributed by atoms with Crippen LogP contribution in [-0.2, 0) is 19.7 Å². The summed E-state index contributed by atoms with van der Waals surface area (Å²) in [7, 11) is -7.06. The smallest absolute Gasteiger partial charge is 0.175 e. The van der Waals surface area contributed by atoms with E-state index in [0.29, 0.717) is 12.0 Å². The molecule has 0 aliphatic carbocycles. The van der Waals surface area contributed by atoms with Gasteiger partial charge in [-0.05, 0) is 31.0 Å². The van der Waals surface area contributed by atoms with Gasteiger partial charge in [-0.3, -0.25) is 0 Å². The van der Waals surface area contributed by atoms with Crippen molar-refractivity contribution in [3.05, 3.63) is 23.8 Å². The minimum absolute atomic E-state index is 0.0341. The Morgan fingerprint density at radius 3 is 2.00 bits per heavy atom. The van der Waals surface area contributed by atoms with Gasteiger partial charge in [0.15, 0.2) is 19.7 Å². The predicted octanol–water partition coefficient (Wildman–Crippen LogP) is 1.37. The number of aliphatic hydroxyl groups excluding tert-OH is 1. The molecule has 0 bridgehead atoms. The second kappa shape index (κ2) is 5.83. The van der Waals surface area contributed by atoms with Gasteiger partial charge in [0.1, 0.15) is 0 Å². The summed E-state index contributed by atoms with van der Waals surface area (Å²) in [4.78, 5) is -0.0738. The highest BCUT2D eigenvalue weighted by Crippen LogP contribution is 2.31. The Bertz CT molecular complexity index is 687. The van der Waals surface area contributed by atoms with Gasteiger partial charge >= 0.3 is 0 Å². The molecule has 2 unspecified atom stereocenters. The number of rotatable bonds is 5. The Morgan fingerprint density at radius 2 is 1.65 bits per heavy atom. The molecule has 0 saturated heterocycles. The molecule has 0 aliphatic rings. The van der Waals surface area contributed by atoms with E-state index in [4.69, 9.17) is 0 Å². The van der Waals surface area contributed by atoms with Gasteiger partial charge in [0.25, 0.3) is 0 Å². The lowest BCUT2D eigenvalue weighted by Crippen LogP contribution is -2.17. The van der Waals surface area contributed by atoms with Gasteiger partial charge in [-0.1, -0.05) is 13.0 Å². The highest BCUT2D eigenvalue weighted by Gasteiger charge is 2.24. The topological polar surface area (TPSA) is 88.5 Å². The van der Waals surface area contributed by atoms with Crippen molar-refractivity contribution in [2.75, 3.05) is 12.5 Å². The number of hydrogen-bond acceptors (Lipinski definition) is 5. The average molecular weight is 320 g/mol. The highest BCUT2D eigenvalue weighted by atomic mass is 32.2. The lowest BCUT2D eigenvalue weighted by molar-refractivity contribution is 0.158. The highest BCUT2D eigenvalue weighted by molar-refractivity contribution is 7.91. The zero-order valence-electron chi connectivity index (χ0n) is 12.0. The van der Waals surface area contributed by atoms with Crippen molar-refractivity contribution in [2.24, 2.45) is 0 Å². The third-order valence-corrected chi connectivity index (χ3v) is 5.50. The minimum Gasteiger partial charge on any atom is -0.393 e. The molecule has 0 fully saturated rings. The summed E-state index contributed by atoms with van der Waals surface area (Å²) in [6.45, 7) is 3.43. The molecule has 114 valence electrons. The molecule has 0 amide bonds. The molecule has 1 aromatic carbocycles. The molecule has 0 aromatic heterocycles. The lowest BCUT2D eigenvalue weighted by Gasteiger charge is -2.21. The van der Waals surface area contributed by atoms with Crippen LogP contribution in [0.5, 0.6) is 0 Å². The first-order valence-electron chi connectivity index (χ1n) is 6.20. The van der Waals surface area contributed by atoms with E-state index in [9.17, 15) is 21.9 Å². The summed E-state index contributed by atoms with van der Waals surface area (Å²) in [5.41, 5.74) is 0.456. The molecule has 0 radical (unpaired) electrons. The molecule has 7 heteroatoms. The Hall–Kier alpha value is -0.920. The molecule has 0 heterocycles. The summed E-state index contributed by atoms with van der Waals surface area (Å²) in [5, 5.41) is 9.77. The Morgan fingerprint density at radius 1 is 1.10 bits per heavy atom. The SMILES string of the molecule is CCC(c1ccc(S(C)(=O)=O)cc1S(C)(=O)=O)C(C)O. The van der Waals surface area contributed by atoms with E-state index in [1.165, 1.54) is 18.2 Å². The summed E-state index contributed by atoms with van der Waals surface area (Å²) in [6.07, 6.45) is 1.90. The third-order valence-electron chi connectivity index (χ3n) is 3.23. The van der Waals surface area contributed by atoms with Crippen LogP contribution in [0.4, 0.5) is 0 Å².